The molecule has 0 aliphatic heterocycles. The van der Waals surface area contributed by atoms with Gasteiger partial charge >= 0.3 is 0 Å². The number of hydrogen-bond acceptors (Lipinski definition) is 2. The van der Waals surface area contributed by atoms with Gasteiger partial charge in [-0.3, -0.25) is 0 Å². The lowest BCUT2D eigenvalue weighted by Gasteiger charge is -2.10. The molecule has 2 aromatic rings. The summed E-state index contributed by atoms with van der Waals surface area (Å²) in [5.74, 6) is 0. The zero-order valence-corrected chi connectivity index (χ0v) is 10.9. The van der Waals surface area contributed by atoms with Crippen LogP contribution in [-0.2, 0) is 6.54 Å². The van der Waals surface area contributed by atoms with Gasteiger partial charge in [0, 0.05) is 6.54 Å². The first-order valence-corrected chi connectivity index (χ1v) is 6.66. The van der Waals surface area contributed by atoms with E-state index in [0.29, 0.717) is 0 Å². The smallest absolute Gasteiger partial charge is 0.0549 e. The van der Waals surface area contributed by atoms with E-state index in [4.69, 9.17) is 0 Å². The quantitative estimate of drug-likeness (QED) is 0.764. The van der Waals surface area contributed by atoms with Crippen molar-refractivity contribution in [2.75, 3.05) is 6.54 Å². The molecule has 0 saturated carbocycles. The number of rotatable bonds is 6. The van der Waals surface area contributed by atoms with Crippen molar-refractivity contribution >= 4 is 10.8 Å². The summed E-state index contributed by atoms with van der Waals surface area (Å²) in [6.45, 7) is 3.73. The molecule has 2 rings (SSSR count). The van der Waals surface area contributed by atoms with Crippen LogP contribution in [0.1, 0.15) is 25.3 Å². The molecule has 2 N–H and O–H groups in total. The van der Waals surface area contributed by atoms with Crippen molar-refractivity contribution in [2.24, 2.45) is 0 Å². The predicted molar refractivity (Wildman–Crippen MR) is 76.6 cm³/mol. The summed E-state index contributed by atoms with van der Waals surface area (Å²) in [4.78, 5) is 0. The van der Waals surface area contributed by atoms with E-state index < -0.39 is 0 Å². The van der Waals surface area contributed by atoms with Crippen LogP contribution < -0.4 is 5.32 Å². The Balaban J connectivity index is 1.95. The van der Waals surface area contributed by atoms with E-state index >= 15 is 0 Å². The van der Waals surface area contributed by atoms with Crippen LogP contribution in [0, 0.1) is 0 Å². The van der Waals surface area contributed by atoms with Gasteiger partial charge in [0.1, 0.15) is 0 Å². The van der Waals surface area contributed by atoms with E-state index in [1.54, 1.807) is 0 Å². The second-order valence-corrected chi connectivity index (χ2v) is 4.67. The van der Waals surface area contributed by atoms with Gasteiger partial charge in [0.15, 0.2) is 0 Å². The van der Waals surface area contributed by atoms with Gasteiger partial charge in [-0.05, 0) is 35.7 Å². The van der Waals surface area contributed by atoms with Crippen LogP contribution >= 0.6 is 0 Å². The van der Waals surface area contributed by atoms with E-state index in [1.807, 2.05) is 6.92 Å². The van der Waals surface area contributed by atoms with E-state index in [0.717, 1.165) is 25.9 Å². The molecule has 1 unspecified atom stereocenters. The lowest BCUT2D eigenvalue weighted by Crippen LogP contribution is -2.19. The van der Waals surface area contributed by atoms with Gasteiger partial charge in [0.2, 0.25) is 0 Å². The first-order chi connectivity index (χ1) is 8.81. The monoisotopic (exact) mass is 243 g/mol. The Morgan fingerprint density at radius 1 is 1.11 bits per heavy atom. The molecule has 2 aromatic carbocycles. The number of fused-ring (bicyclic) bond motifs is 1. The van der Waals surface area contributed by atoms with Crippen LogP contribution in [0.25, 0.3) is 10.8 Å². The first kappa shape index (κ1) is 13.1. The molecule has 0 amide bonds. The minimum absolute atomic E-state index is 0.176. The van der Waals surface area contributed by atoms with Crippen molar-refractivity contribution in [1.82, 2.24) is 5.32 Å². The van der Waals surface area contributed by atoms with Crippen LogP contribution in [0.2, 0.25) is 0 Å². The minimum atomic E-state index is -0.176. The van der Waals surface area contributed by atoms with Gasteiger partial charge in [0.05, 0.1) is 6.10 Å². The van der Waals surface area contributed by atoms with Crippen molar-refractivity contribution in [3.63, 3.8) is 0 Å². The molecule has 0 aliphatic rings. The zero-order chi connectivity index (χ0) is 12.8. The lowest BCUT2D eigenvalue weighted by molar-refractivity contribution is 0.159. The van der Waals surface area contributed by atoms with E-state index in [9.17, 15) is 5.11 Å². The molecule has 0 heterocycles. The summed E-state index contributed by atoms with van der Waals surface area (Å²) < 4.78 is 0. The fourth-order valence-corrected chi connectivity index (χ4v) is 2.14. The second kappa shape index (κ2) is 6.53. The molecule has 0 radical (unpaired) electrons. The zero-order valence-electron chi connectivity index (χ0n) is 10.9. The van der Waals surface area contributed by atoms with E-state index in [2.05, 4.69) is 47.8 Å². The molecular formula is C16H21NO. The van der Waals surface area contributed by atoms with Crippen LogP contribution in [0.4, 0.5) is 0 Å². The fourth-order valence-electron chi connectivity index (χ4n) is 2.14. The van der Waals surface area contributed by atoms with E-state index in [-0.39, 0.29) is 6.10 Å². The van der Waals surface area contributed by atoms with Crippen molar-refractivity contribution in [1.29, 1.82) is 0 Å². The van der Waals surface area contributed by atoms with Gasteiger partial charge < -0.3 is 10.4 Å². The highest BCUT2D eigenvalue weighted by atomic mass is 16.3. The highest BCUT2D eigenvalue weighted by Crippen LogP contribution is 2.18. The molecule has 0 aromatic heterocycles. The Labute approximate surface area is 109 Å². The van der Waals surface area contributed by atoms with Crippen molar-refractivity contribution in [3.8, 4) is 0 Å². The number of hydrogen-bond donors (Lipinski definition) is 2. The van der Waals surface area contributed by atoms with Crippen LogP contribution in [-0.4, -0.2) is 17.8 Å². The number of aliphatic hydroxyl groups excluding tert-OH is 1. The summed E-state index contributed by atoms with van der Waals surface area (Å²) in [5, 5.41) is 15.5. The summed E-state index contributed by atoms with van der Waals surface area (Å²) in [7, 11) is 0. The maximum atomic E-state index is 9.49. The van der Waals surface area contributed by atoms with Gasteiger partial charge in [-0.1, -0.05) is 49.4 Å². The SMILES string of the molecule is CCC(O)CCNCc1cccc2ccccc12. The lowest BCUT2D eigenvalue weighted by atomic mass is 10.0. The number of aliphatic hydroxyl groups is 1. The molecular weight excluding hydrogens is 222 g/mol. The highest BCUT2D eigenvalue weighted by molar-refractivity contribution is 5.85. The largest absolute Gasteiger partial charge is 0.393 e. The molecule has 0 fully saturated rings. The summed E-state index contributed by atoms with van der Waals surface area (Å²) in [6.07, 6.45) is 1.47. The number of nitrogens with one attached hydrogen (secondary N) is 1. The van der Waals surface area contributed by atoms with E-state index in [1.165, 1.54) is 16.3 Å². The van der Waals surface area contributed by atoms with Crippen molar-refractivity contribution in [2.45, 2.75) is 32.4 Å². The number of benzene rings is 2. The molecule has 18 heavy (non-hydrogen) atoms. The molecule has 0 bridgehead atoms. The molecule has 0 saturated heterocycles. The average Bonchev–Trinajstić information content (AvgIpc) is 2.43. The Bertz CT molecular complexity index is 490. The molecule has 2 nitrogen and oxygen atoms in total. The fraction of sp³-hybridized carbons (Fsp3) is 0.375. The summed E-state index contributed by atoms with van der Waals surface area (Å²) in [6, 6.07) is 14.8. The third-order valence-electron chi connectivity index (χ3n) is 3.32. The van der Waals surface area contributed by atoms with Gasteiger partial charge in [-0.25, -0.2) is 0 Å². The van der Waals surface area contributed by atoms with Crippen LogP contribution in [0.3, 0.4) is 0 Å². The van der Waals surface area contributed by atoms with Gasteiger partial charge in [0.25, 0.3) is 0 Å². The minimum Gasteiger partial charge on any atom is -0.393 e. The molecule has 0 spiro atoms. The topological polar surface area (TPSA) is 32.3 Å². The standard InChI is InChI=1S/C16H21NO/c1-2-15(18)10-11-17-12-14-8-5-7-13-6-3-4-9-16(13)14/h3-9,15,17-18H,2,10-12H2,1H3. The summed E-state index contributed by atoms with van der Waals surface area (Å²) >= 11 is 0. The van der Waals surface area contributed by atoms with Gasteiger partial charge in [-0.2, -0.15) is 0 Å². The van der Waals surface area contributed by atoms with Crippen molar-refractivity contribution in [3.05, 3.63) is 48.0 Å². The highest BCUT2D eigenvalue weighted by Gasteiger charge is 2.01. The Morgan fingerprint density at radius 2 is 1.89 bits per heavy atom. The Hall–Kier alpha value is -1.38. The Morgan fingerprint density at radius 3 is 2.72 bits per heavy atom. The average molecular weight is 243 g/mol. The summed E-state index contributed by atoms with van der Waals surface area (Å²) in [5.41, 5.74) is 1.32. The normalized spacial score (nSPS) is 12.8. The van der Waals surface area contributed by atoms with Crippen molar-refractivity contribution < 1.29 is 5.11 Å². The molecule has 96 valence electrons. The Kier molecular flexibility index (Phi) is 4.73. The molecule has 0 aliphatic carbocycles. The third kappa shape index (κ3) is 3.31. The van der Waals surface area contributed by atoms with Crippen LogP contribution in [0.5, 0.6) is 0 Å². The third-order valence-corrected chi connectivity index (χ3v) is 3.32. The maximum absolute atomic E-state index is 9.49. The predicted octanol–water partition coefficient (Wildman–Crippen LogP) is 3.09. The molecule has 1 atom stereocenters. The van der Waals surface area contributed by atoms with Gasteiger partial charge in [-0.15, -0.1) is 0 Å². The molecule has 2 heteroatoms. The first-order valence-electron chi connectivity index (χ1n) is 6.66. The maximum Gasteiger partial charge on any atom is 0.0549 e. The van der Waals surface area contributed by atoms with Crippen LogP contribution in [0.15, 0.2) is 42.5 Å². The second-order valence-electron chi connectivity index (χ2n) is 4.67.